The van der Waals surface area contributed by atoms with Gasteiger partial charge in [0, 0.05) is 0 Å². The molecule has 0 saturated carbocycles. The molecule has 0 fully saturated rings. The number of carbonyl (C=O) groups excluding carboxylic acids is 1. The molecule has 2 amide bonds. The molecule has 0 N–H and O–H groups in total. The molecule has 0 bridgehead atoms. The van der Waals surface area contributed by atoms with E-state index < -0.39 is 16.1 Å². The van der Waals surface area contributed by atoms with Gasteiger partial charge in [-0.15, -0.1) is 0 Å². The molecule has 4 rings (SSSR count). The number of amides is 2. The molecule has 0 aromatic heterocycles. The number of hydrogen-bond acceptors (Lipinski definition) is 3. The summed E-state index contributed by atoms with van der Waals surface area (Å²) in [5.41, 5.74) is 4.76. The number of benzene rings is 3. The zero-order chi connectivity index (χ0) is 20.8. The molecule has 1 aliphatic rings. The Balaban J connectivity index is 1.86. The standard InChI is InChI=1S/C23H22N2O3S/c1-16-8-11-19(12-9-16)15-24-21-6-4-5-7-22(21)29(27,28)25(23(24)26)20-13-10-17(2)18(3)14-20/h4-14H,15H2,1-3H3. The zero-order valence-electron chi connectivity index (χ0n) is 16.6. The highest BCUT2D eigenvalue weighted by molar-refractivity contribution is 7.94. The van der Waals surface area contributed by atoms with Crippen LogP contribution in [-0.2, 0) is 16.6 Å². The molecule has 1 aliphatic heterocycles. The van der Waals surface area contributed by atoms with E-state index in [1.807, 2.05) is 51.1 Å². The van der Waals surface area contributed by atoms with E-state index in [0.717, 1.165) is 26.6 Å². The summed E-state index contributed by atoms with van der Waals surface area (Å²) in [4.78, 5) is 15.1. The van der Waals surface area contributed by atoms with Crippen LogP contribution in [0.5, 0.6) is 0 Å². The van der Waals surface area contributed by atoms with Gasteiger partial charge in [0.1, 0.15) is 4.90 Å². The molecule has 1 heterocycles. The van der Waals surface area contributed by atoms with Crippen molar-refractivity contribution < 1.29 is 13.2 Å². The third-order valence-electron chi connectivity index (χ3n) is 5.27. The van der Waals surface area contributed by atoms with Gasteiger partial charge in [-0.2, -0.15) is 4.31 Å². The highest BCUT2D eigenvalue weighted by atomic mass is 32.2. The van der Waals surface area contributed by atoms with Crippen LogP contribution in [0.15, 0.2) is 71.6 Å². The van der Waals surface area contributed by atoms with Gasteiger partial charge in [-0.1, -0.05) is 48.0 Å². The Morgan fingerprint density at radius 3 is 2.21 bits per heavy atom. The first-order valence-corrected chi connectivity index (χ1v) is 10.8. The fraction of sp³-hybridized carbons (Fsp3) is 0.174. The molecule has 0 aliphatic carbocycles. The summed E-state index contributed by atoms with van der Waals surface area (Å²) >= 11 is 0. The number of aryl methyl sites for hydroxylation is 3. The van der Waals surface area contributed by atoms with E-state index in [2.05, 4.69) is 0 Å². The number of carbonyl (C=O) groups is 1. The summed E-state index contributed by atoms with van der Waals surface area (Å²) in [6.07, 6.45) is 0. The van der Waals surface area contributed by atoms with Crippen molar-refractivity contribution in [3.05, 3.63) is 89.0 Å². The van der Waals surface area contributed by atoms with Crippen LogP contribution in [-0.4, -0.2) is 14.4 Å². The SMILES string of the molecule is Cc1ccc(CN2C(=O)N(c3ccc(C)c(C)c3)S(=O)(=O)c3ccccc32)cc1. The average Bonchev–Trinajstić information content (AvgIpc) is 2.69. The third-order valence-corrected chi connectivity index (χ3v) is 7.01. The molecule has 3 aromatic rings. The maximum absolute atomic E-state index is 13.4. The second-order valence-electron chi connectivity index (χ2n) is 7.36. The van der Waals surface area contributed by atoms with Crippen molar-refractivity contribution in [3.8, 4) is 0 Å². The maximum Gasteiger partial charge on any atom is 0.343 e. The Morgan fingerprint density at radius 2 is 1.52 bits per heavy atom. The van der Waals surface area contributed by atoms with E-state index in [0.29, 0.717) is 11.4 Å². The monoisotopic (exact) mass is 406 g/mol. The fourth-order valence-electron chi connectivity index (χ4n) is 3.44. The van der Waals surface area contributed by atoms with Gasteiger partial charge in [-0.05, 0) is 61.7 Å². The lowest BCUT2D eigenvalue weighted by Crippen LogP contribution is -2.50. The Bertz CT molecular complexity index is 1200. The van der Waals surface area contributed by atoms with E-state index in [9.17, 15) is 13.2 Å². The number of rotatable bonds is 3. The molecule has 29 heavy (non-hydrogen) atoms. The Hall–Kier alpha value is -3.12. The van der Waals surface area contributed by atoms with E-state index in [1.54, 1.807) is 36.4 Å². The van der Waals surface area contributed by atoms with Gasteiger partial charge in [0.25, 0.3) is 10.0 Å². The lowest BCUT2D eigenvalue weighted by atomic mass is 10.1. The summed E-state index contributed by atoms with van der Waals surface area (Å²) in [6, 6.07) is 19.2. The van der Waals surface area contributed by atoms with E-state index in [-0.39, 0.29) is 11.4 Å². The number of fused-ring (bicyclic) bond motifs is 1. The van der Waals surface area contributed by atoms with Crippen LogP contribution in [0.4, 0.5) is 16.2 Å². The summed E-state index contributed by atoms with van der Waals surface area (Å²) in [5.74, 6) is 0. The van der Waals surface area contributed by atoms with Gasteiger partial charge in [0.2, 0.25) is 0 Å². The highest BCUT2D eigenvalue weighted by Gasteiger charge is 2.42. The van der Waals surface area contributed by atoms with E-state index in [4.69, 9.17) is 0 Å². The second-order valence-corrected chi connectivity index (χ2v) is 9.12. The first-order chi connectivity index (χ1) is 13.8. The Morgan fingerprint density at radius 1 is 0.828 bits per heavy atom. The smallest absolute Gasteiger partial charge is 0.287 e. The third kappa shape index (κ3) is 3.29. The largest absolute Gasteiger partial charge is 0.343 e. The molecular weight excluding hydrogens is 384 g/mol. The predicted molar refractivity (Wildman–Crippen MR) is 115 cm³/mol. The fourth-order valence-corrected chi connectivity index (χ4v) is 5.03. The number of anilines is 2. The topological polar surface area (TPSA) is 57.7 Å². The van der Waals surface area contributed by atoms with Crippen molar-refractivity contribution in [1.29, 1.82) is 0 Å². The van der Waals surface area contributed by atoms with Crippen molar-refractivity contribution in [2.24, 2.45) is 0 Å². The van der Waals surface area contributed by atoms with Gasteiger partial charge >= 0.3 is 6.03 Å². The highest BCUT2D eigenvalue weighted by Crippen LogP contribution is 2.38. The molecule has 0 radical (unpaired) electrons. The number of sulfonamides is 1. The normalized spacial score (nSPS) is 15.3. The number of nitrogens with zero attached hydrogens (tertiary/aromatic N) is 2. The molecule has 0 atom stereocenters. The lowest BCUT2D eigenvalue weighted by molar-refractivity contribution is 0.253. The first-order valence-electron chi connectivity index (χ1n) is 9.38. The summed E-state index contributed by atoms with van der Waals surface area (Å²) in [7, 11) is -4.00. The number of urea groups is 1. The summed E-state index contributed by atoms with van der Waals surface area (Å²) < 4.78 is 27.6. The maximum atomic E-state index is 13.4. The molecule has 0 unspecified atom stereocenters. The predicted octanol–water partition coefficient (Wildman–Crippen LogP) is 4.95. The van der Waals surface area contributed by atoms with Crippen LogP contribution in [0.25, 0.3) is 0 Å². The minimum Gasteiger partial charge on any atom is -0.287 e. The number of para-hydroxylation sites is 1. The van der Waals surface area contributed by atoms with Gasteiger partial charge < -0.3 is 0 Å². The van der Waals surface area contributed by atoms with Crippen LogP contribution in [0.2, 0.25) is 0 Å². The Labute approximate surface area is 171 Å². The van der Waals surface area contributed by atoms with Crippen molar-refractivity contribution in [1.82, 2.24) is 0 Å². The summed E-state index contributed by atoms with van der Waals surface area (Å²) in [5, 5.41) is 0. The molecular formula is C23H22N2O3S. The van der Waals surface area contributed by atoms with Crippen LogP contribution >= 0.6 is 0 Å². The van der Waals surface area contributed by atoms with Gasteiger partial charge in [-0.3, -0.25) is 4.90 Å². The van der Waals surface area contributed by atoms with E-state index in [1.165, 1.54) is 4.90 Å². The molecule has 0 spiro atoms. The zero-order valence-corrected chi connectivity index (χ0v) is 17.4. The number of hydrogen-bond donors (Lipinski definition) is 0. The molecule has 148 valence electrons. The first kappa shape index (κ1) is 19.2. The van der Waals surface area contributed by atoms with Crippen LogP contribution in [0, 0.1) is 20.8 Å². The van der Waals surface area contributed by atoms with Crippen molar-refractivity contribution >= 4 is 27.4 Å². The van der Waals surface area contributed by atoms with Crippen LogP contribution in [0.3, 0.4) is 0 Å². The minimum atomic E-state index is -4.00. The molecule has 6 heteroatoms. The minimum absolute atomic E-state index is 0.130. The quantitative estimate of drug-likeness (QED) is 0.619. The lowest BCUT2D eigenvalue weighted by Gasteiger charge is -2.36. The van der Waals surface area contributed by atoms with Crippen LogP contribution in [0.1, 0.15) is 22.3 Å². The second kappa shape index (κ2) is 7.04. The van der Waals surface area contributed by atoms with Crippen molar-refractivity contribution in [3.63, 3.8) is 0 Å². The molecule has 5 nitrogen and oxygen atoms in total. The summed E-state index contributed by atoms with van der Waals surface area (Å²) in [6.45, 7) is 6.13. The van der Waals surface area contributed by atoms with Crippen molar-refractivity contribution in [2.75, 3.05) is 9.21 Å². The van der Waals surface area contributed by atoms with Crippen molar-refractivity contribution in [2.45, 2.75) is 32.2 Å². The Kier molecular flexibility index (Phi) is 4.67. The van der Waals surface area contributed by atoms with Gasteiger partial charge in [0.05, 0.1) is 17.9 Å². The van der Waals surface area contributed by atoms with E-state index >= 15 is 0 Å². The van der Waals surface area contributed by atoms with Crippen LogP contribution < -0.4 is 9.21 Å². The van der Waals surface area contributed by atoms with Gasteiger partial charge in [-0.25, -0.2) is 13.2 Å². The van der Waals surface area contributed by atoms with Gasteiger partial charge in [0.15, 0.2) is 0 Å². The molecule has 0 saturated heterocycles. The average molecular weight is 407 g/mol. The molecule has 3 aromatic carbocycles.